The molecule has 1 N–H and O–H groups in total. The Morgan fingerprint density at radius 1 is 1.26 bits per heavy atom. The monoisotopic (exact) mass is 402 g/mol. The highest BCUT2D eigenvalue weighted by molar-refractivity contribution is 9.10. The number of aromatic nitrogens is 1. The number of nitrogens with zero attached hydrogens (tertiary/aromatic N) is 1. The third-order valence-electron chi connectivity index (χ3n) is 2.80. The van der Waals surface area contributed by atoms with Crippen molar-refractivity contribution in [3.63, 3.8) is 0 Å². The molecule has 1 heterocycles. The summed E-state index contributed by atoms with van der Waals surface area (Å²) in [6.07, 6.45) is 3.80. The van der Waals surface area contributed by atoms with Gasteiger partial charge in [0.25, 0.3) is 0 Å². The van der Waals surface area contributed by atoms with E-state index < -0.39 is 11.4 Å². The number of pyridine rings is 1. The molecule has 8 heteroatoms. The Bertz CT molecular complexity index is 592. The number of rotatable bonds is 6. The topological polar surface area (TPSA) is 91.7 Å². The molecule has 126 valence electrons. The molecule has 0 amide bonds. The van der Waals surface area contributed by atoms with E-state index in [1.54, 1.807) is 0 Å². The molecule has 0 aliphatic heterocycles. The first kappa shape index (κ1) is 19.7. The van der Waals surface area contributed by atoms with E-state index in [9.17, 15) is 0 Å². The molecule has 0 saturated carbocycles. The van der Waals surface area contributed by atoms with Gasteiger partial charge in [0.1, 0.15) is 17.1 Å². The van der Waals surface area contributed by atoms with Gasteiger partial charge in [-0.15, -0.1) is 4.33 Å². The fraction of sp³-hybridized carbons (Fsp3) is 0.267. The average Bonchev–Trinajstić information content (AvgIpc) is 2.58. The van der Waals surface area contributed by atoms with E-state index in [2.05, 4.69) is 44.3 Å². The number of benzene rings is 1. The predicted octanol–water partition coefficient (Wildman–Crippen LogP) is 3.30. The lowest BCUT2D eigenvalue weighted by molar-refractivity contribution is -0.132. The molecule has 1 atom stereocenters. The zero-order chi connectivity index (χ0) is 17.1. The van der Waals surface area contributed by atoms with Crippen molar-refractivity contribution in [1.82, 2.24) is 4.98 Å². The summed E-state index contributed by atoms with van der Waals surface area (Å²) in [5, 5.41) is 7.03. The van der Waals surface area contributed by atoms with Crippen LogP contribution in [-0.4, -0.2) is 25.6 Å². The van der Waals surface area contributed by atoms with Crippen molar-refractivity contribution in [3.05, 3.63) is 58.3 Å². The molecule has 1 aromatic heterocycles. The second kappa shape index (κ2) is 11.3. The second-order valence-electron chi connectivity index (χ2n) is 4.34. The summed E-state index contributed by atoms with van der Waals surface area (Å²) in [6.45, 7) is 2.79. The van der Waals surface area contributed by atoms with Crippen molar-refractivity contribution in [3.8, 4) is 5.75 Å². The number of halogens is 1. The number of hydrogen-bond acceptors (Lipinski definition) is 6. The van der Waals surface area contributed by atoms with Gasteiger partial charge in [-0.25, -0.2) is 9.47 Å². The summed E-state index contributed by atoms with van der Waals surface area (Å²) in [7, 11) is 0. The van der Waals surface area contributed by atoms with Crippen LogP contribution in [0.3, 0.4) is 0 Å². The molecule has 23 heavy (non-hydrogen) atoms. The molecule has 1 unspecified atom stereocenters. The van der Waals surface area contributed by atoms with Gasteiger partial charge in [0.15, 0.2) is 0 Å². The highest BCUT2D eigenvalue weighted by Crippen LogP contribution is 2.16. The zero-order valence-corrected chi connectivity index (χ0v) is 14.9. The lowest BCUT2D eigenvalue weighted by atomic mass is 10.2. The van der Waals surface area contributed by atoms with Gasteiger partial charge in [0, 0.05) is 22.8 Å². The quantitative estimate of drug-likeness (QED) is 0.452. The summed E-state index contributed by atoms with van der Waals surface area (Å²) in [4.78, 5) is 4.41. The highest BCUT2D eigenvalue weighted by atomic mass is 79.9. The molecule has 2 rings (SSSR count). The lowest BCUT2D eigenvalue weighted by Gasteiger charge is -2.06. The largest absolute Gasteiger partial charge is 0.748 e. The van der Waals surface area contributed by atoms with Crippen molar-refractivity contribution in [2.75, 3.05) is 6.61 Å². The van der Waals surface area contributed by atoms with Gasteiger partial charge >= 0.3 is 0 Å². The fourth-order valence-corrected chi connectivity index (χ4v) is 1.88. The van der Waals surface area contributed by atoms with E-state index in [-0.39, 0.29) is 0 Å². The Morgan fingerprint density at radius 3 is 2.39 bits per heavy atom. The summed E-state index contributed by atoms with van der Waals surface area (Å²) in [5.74, 6) is 0.892. The SMILES string of the molecule is CCc1ccc(CCOc2ccc(Br)cc2)nc1.O=S([O-])OO. The minimum atomic E-state index is -2.77. The zero-order valence-electron chi connectivity index (χ0n) is 12.5. The molecule has 0 bridgehead atoms. The maximum Gasteiger partial charge on any atom is 0.120 e. The summed E-state index contributed by atoms with van der Waals surface area (Å²) >= 11 is 0.631. The van der Waals surface area contributed by atoms with Gasteiger partial charge in [-0.2, -0.15) is 0 Å². The first-order valence-electron chi connectivity index (χ1n) is 6.78. The maximum absolute atomic E-state index is 8.90. The van der Waals surface area contributed by atoms with Gasteiger partial charge in [-0.1, -0.05) is 28.9 Å². The highest BCUT2D eigenvalue weighted by Gasteiger charge is 1.97. The minimum absolute atomic E-state index is 0.653. The van der Waals surface area contributed by atoms with Crippen LogP contribution in [0.1, 0.15) is 18.2 Å². The van der Waals surface area contributed by atoms with E-state index in [4.69, 9.17) is 18.8 Å². The van der Waals surface area contributed by atoms with Crippen LogP contribution in [0.4, 0.5) is 0 Å². The number of hydrogen-bond donors (Lipinski definition) is 1. The third-order valence-corrected chi connectivity index (χ3v) is 3.45. The van der Waals surface area contributed by atoms with Crippen LogP contribution in [-0.2, 0) is 28.5 Å². The molecule has 0 aliphatic rings. The molecule has 0 fully saturated rings. The van der Waals surface area contributed by atoms with Gasteiger partial charge < -0.3 is 9.29 Å². The Balaban J connectivity index is 0.000000463. The van der Waals surface area contributed by atoms with Crippen LogP contribution in [0.15, 0.2) is 47.1 Å². The normalized spacial score (nSPS) is 11.3. The maximum atomic E-state index is 8.90. The smallest absolute Gasteiger partial charge is 0.120 e. The van der Waals surface area contributed by atoms with Gasteiger partial charge in [-0.05, 0) is 42.3 Å². The van der Waals surface area contributed by atoms with Crippen LogP contribution in [0.5, 0.6) is 5.75 Å². The average molecular weight is 403 g/mol. The summed E-state index contributed by atoms with van der Waals surface area (Å²) in [6, 6.07) is 12.1. The standard InChI is InChI=1S/C15H16BrNO.H2O4S/c1-2-12-3-6-14(17-11-12)9-10-18-15-7-4-13(16)5-8-15;1-4-5(2)3/h3-8,11H,2,9-10H2,1H3;1H,(H,2,3)/p-1. The minimum Gasteiger partial charge on any atom is -0.748 e. The molecule has 6 nitrogen and oxygen atoms in total. The first-order valence-corrected chi connectivity index (χ1v) is 8.57. The van der Waals surface area contributed by atoms with Gasteiger partial charge in [-0.3, -0.25) is 4.98 Å². The molecule has 2 aromatic rings. The first-order chi connectivity index (χ1) is 11.0. The van der Waals surface area contributed by atoms with E-state index >= 15 is 0 Å². The Morgan fingerprint density at radius 2 is 1.91 bits per heavy atom. The van der Waals surface area contributed by atoms with Crippen molar-refractivity contribution in [2.45, 2.75) is 19.8 Å². The van der Waals surface area contributed by atoms with Crippen LogP contribution >= 0.6 is 15.9 Å². The third kappa shape index (κ3) is 8.77. The second-order valence-corrected chi connectivity index (χ2v) is 5.82. The van der Waals surface area contributed by atoms with Crippen LogP contribution in [0, 0.1) is 0 Å². The molecule has 0 spiro atoms. The van der Waals surface area contributed by atoms with Gasteiger partial charge in [0.2, 0.25) is 0 Å². The molecule has 0 radical (unpaired) electrons. The Labute approximate surface area is 146 Å². The number of ether oxygens (including phenoxy) is 1. The van der Waals surface area contributed by atoms with E-state index in [0.29, 0.717) is 6.61 Å². The number of aryl methyl sites for hydroxylation is 1. The lowest BCUT2D eigenvalue weighted by Crippen LogP contribution is -2.03. The Kier molecular flexibility index (Phi) is 9.65. The van der Waals surface area contributed by atoms with Crippen LogP contribution < -0.4 is 4.74 Å². The summed E-state index contributed by atoms with van der Waals surface area (Å²) in [5.41, 5.74) is 2.34. The van der Waals surface area contributed by atoms with E-state index in [0.717, 1.165) is 28.8 Å². The molecule has 1 aromatic carbocycles. The van der Waals surface area contributed by atoms with E-state index in [1.165, 1.54) is 5.56 Å². The molecule has 0 saturated heterocycles. The van der Waals surface area contributed by atoms with Gasteiger partial charge in [0.05, 0.1) is 6.61 Å². The van der Waals surface area contributed by atoms with Crippen LogP contribution in [0.25, 0.3) is 0 Å². The predicted molar refractivity (Wildman–Crippen MR) is 89.6 cm³/mol. The van der Waals surface area contributed by atoms with Crippen molar-refractivity contribution < 1.29 is 23.1 Å². The fourth-order valence-electron chi connectivity index (χ4n) is 1.62. The van der Waals surface area contributed by atoms with Crippen molar-refractivity contribution in [2.24, 2.45) is 0 Å². The van der Waals surface area contributed by atoms with Crippen molar-refractivity contribution in [1.29, 1.82) is 0 Å². The Hall–Kier alpha value is -1.32. The molecular formula is C15H17BrNO5S-. The van der Waals surface area contributed by atoms with E-state index in [1.807, 2.05) is 30.5 Å². The molecular weight excluding hydrogens is 386 g/mol. The summed E-state index contributed by atoms with van der Waals surface area (Å²) < 4.78 is 27.2. The van der Waals surface area contributed by atoms with Crippen molar-refractivity contribution >= 4 is 27.3 Å². The van der Waals surface area contributed by atoms with Crippen LogP contribution in [0.2, 0.25) is 0 Å². The molecule has 0 aliphatic carbocycles.